The fourth-order valence-electron chi connectivity index (χ4n) is 2.64. The summed E-state index contributed by atoms with van der Waals surface area (Å²) in [6.45, 7) is 3.26. The molecule has 0 bridgehead atoms. The first-order valence-corrected chi connectivity index (χ1v) is 6.78. The van der Waals surface area contributed by atoms with Crippen LogP contribution in [0.15, 0.2) is 0 Å². The standard InChI is InChI=1S/C13H24N2O.ClH/c1-10-12(6-3-9-14-10)15-13(16)8-7-11-4-2-5-11;/h10-12,14H,2-9H2,1H3,(H,15,16);1H. The Bertz CT molecular complexity index is 244. The van der Waals surface area contributed by atoms with Gasteiger partial charge in [0.1, 0.15) is 0 Å². The molecule has 2 rings (SSSR count). The molecule has 1 amide bonds. The van der Waals surface area contributed by atoms with Crippen molar-refractivity contribution in [1.82, 2.24) is 10.6 Å². The van der Waals surface area contributed by atoms with Crippen LogP contribution in [0, 0.1) is 5.92 Å². The largest absolute Gasteiger partial charge is 0.352 e. The Morgan fingerprint density at radius 2 is 2.06 bits per heavy atom. The number of rotatable bonds is 4. The van der Waals surface area contributed by atoms with E-state index >= 15 is 0 Å². The van der Waals surface area contributed by atoms with E-state index in [2.05, 4.69) is 17.6 Å². The van der Waals surface area contributed by atoms with Crippen LogP contribution in [0.5, 0.6) is 0 Å². The van der Waals surface area contributed by atoms with Gasteiger partial charge in [0, 0.05) is 18.5 Å². The Kier molecular flexibility index (Phi) is 6.28. The fourth-order valence-corrected chi connectivity index (χ4v) is 2.64. The van der Waals surface area contributed by atoms with Gasteiger partial charge in [-0.15, -0.1) is 12.4 Å². The second-order valence-corrected chi connectivity index (χ2v) is 5.39. The molecular formula is C13H25ClN2O. The second kappa shape index (κ2) is 7.22. The molecule has 0 aromatic rings. The quantitative estimate of drug-likeness (QED) is 0.814. The minimum atomic E-state index is 0. The van der Waals surface area contributed by atoms with Gasteiger partial charge in [-0.05, 0) is 38.6 Å². The predicted molar refractivity (Wildman–Crippen MR) is 72.5 cm³/mol. The third-order valence-corrected chi connectivity index (χ3v) is 4.11. The SMILES string of the molecule is CC1NCCCC1NC(=O)CCC1CCC1.Cl. The zero-order valence-electron chi connectivity index (χ0n) is 10.7. The van der Waals surface area contributed by atoms with Crippen molar-refractivity contribution in [3.8, 4) is 0 Å². The molecule has 0 aromatic heterocycles. The molecule has 1 saturated heterocycles. The summed E-state index contributed by atoms with van der Waals surface area (Å²) >= 11 is 0. The van der Waals surface area contributed by atoms with Crippen LogP contribution in [0.2, 0.25) is 0 Å². The van der Waals surface area contributed by atoms with Crippen molar-refractivity contribution in [1.29, 1.82) is 0 Å². The number of carbonyl (C=O) groups excluding carboxylic acids is 1. The molecule has 4 heteroatoms. The highest BCUT2D eigenvalue weighted by atomic mass is 35.5. The Labute approximate surface area is 111 Å². The van der Waals surface area contributed by atoms with Crippen molar-refractivity contribution in [2.24, 2.45) is 5.92 Å². The molecule has 2 atom stereocenters. The Morgan fingerprint density at radius 3 is 2.65 bits per heavy atom. The molecule has 2 unspecified atom stereocenters. The van der Waals surface area contributed by atoms with E-state index in [0.29, 0.717) is 12.1 Å². The molecule has 0 spiro atoms. The van der Waals surface area contributed by atoms with Crippen molar-refractivity contribution in [3.05, 3.63) is 0 Å². The van der Waals surface area contributed by atoms with Gasteiger partial charge in [0.05, 0.1) is 0 Å². The zero-order chi connectivity index (χ0) is 11.4. The zero-order valence-corrected chi connectivity index (χ0v) is 11.5. The molecule has 1 saturated carbocycles. The van der Waals surface area contributed by atoms with Gasteiger partial charge in [-0.1, -0.05) is 19.3 Å². The first-order valence-electron chi connectivity index (χ1n) is 6.78. The molecule has 17 heavy (non-hydrogen) atoms. The van der Waals surface area contributed by atoms with Crippen LogP contribution in [0.4, 0.5) is 0 Å². The van der Waals surface area contributed by atoms with Gasteiger partial charge in [-0.3, -0.25) is 4.79 Å². The smallest absolute Gasteiger partial charge is 0.220 e. The number of nitrogens with one attached hydrogen (secondary N) is 2. The van der Waals surface area contributed by atoms with E-state index in [9.17, 15) is 4.79 Å². The van der Waals surface area contributed by atoms with Crippen molar-refractivity contribution < 1.29 is 4.79 Å². The molecular weight excluding hydrogens is 236 g/mol. The Balaban J connectivity index is 0.00000144. The highest BCUT2D eigenvalue weighted by Crippen LogP contribution is 2.30. The third-order valence-electron chi connectivity index (χ3n) is 4.11. The first kappa shape index (κ1) is 14.8. The van der Waals surface area contributed by atoms with Gasteiger partial charge in [0.2, 0.25) is 5.91 Å². The van der Waals surface area contributed by atoms with E-state index in [-0.39, 0.29) is 18.3 Å². The summed E-state index contributed by atoms with van der Waals surface area (Å²) in [5.74, 6) is 1.10. The van der Waals surface area contributed by atoms with Crippen molar-refractivity contribution in [2.45, 2.75) is 64.0 Å². The molecule has 2 fully saturated rings. The number of piperidine rings is 1. The normalized spacial score (nSPS) is 29.0. The van der Waals surface area contributed by atoms with Crippen LogP contribution >= 0.6 is 12.4 Å². The molecule has 3 nitrogen and oxygen atoms in total. The Hall–Kier alpha value is -0.280. The second-order valence-electron chi connectivity index (χ2n) is 5.39. The summed E-state index contributed by atoms with van der Waals surface area (Å²) in [6.07, 6.45) is 8.19. The highest BCUT2D eigenvalue weighted by Gasteiger charge is 2.23. The van der Waals surface area contributed by atoms with Crippen LogP contribution in [-0.4, -0.2) is 24.5 Å². The number of carbonyl (C=O) groups is 1. The molecule has 1 heterocycles. The van der Waals surface area contributed by atoms with Gasteiger partial charge in [0.15, 0.2) is 0 Å². The van der Waals surface area contributed by atoms with Gasteiger partial charge in [-0.25, -0.2) is 0 Å². The minimum absolute atomic E-state index is 0. The minimum Gasteiger partial charge on any atom is -0.352 e. The lowest BCUT2D eigenvalue weighted by atomic mass is 9.82. The van der Waals surface area contributed by atoms with Crippen LogP contribution in [0.3, 0.4) is 0 Å². The molecule has 0 radical (unpaired) electrons. The molecule has 1 aliphatic carbocycles. The van der Waals surface area contributed by atoms with Gasteiger partial charge in [0.25, 0.3) is 0 Å². The van der Waals surface area contributed by atoms with Crippen molar-refractivity contribution in [3.63, 3.8) is 0 Å². The number of hydrogen-bond donors (Lipinski definition) is 2. The lowest BCUT2D eigenvalue weighted by Crippen LogP contribution is -2.51. The van der Waals surface area contributed by atoms with Gasteiger partial charge >= 0.3 is 0 Å². The summed E-state index contributed by atoms with van der Waals surface area (Å²) in [5.41, 5.74) is 0. The maximum Gasteiger partial charge on any atom is 0.220 e. The molecule has 2 N–H and O–H groups in total. The average molecular weight is 261 g/mol. The van der Waals surface area contributed by atoms with E-state index in [1.165, 1.54) is 25.7 Å². The van der Waals surface area contributed by atoms with Crippen molar-refractivity contribution in [2.75, 3.05) is 6.54 Å². The highest BCUT2D eigenvalue weighted by molar-refractivity contribution is 5.85. The van der Waals surface area contributed by atoms with Crippen LogP contribution < -0.4 is 10.6 Å². The van der Waals surface area contributed by atoms with E-state index in [0.717, 1.165) is 31.7 Å². The summed E-state index contributed by atoms with van der Waals surface area (Å²) in [4.78, 5) is 11.8. The number of amides is 1. The maximum atomic E-state index is 11.8. The summed E-state index contributed by atoms with van der Waals surface area (Å²) < 4.78 is 0. The molecule has 2 aliphatic rings. The van der Waals surface area contributed by atoms with Crippen molar-refractivity contribution >= 4 is 18.3 Å². The maximum absolute atomic E-state index is 11.8. The van der Waals surface area contributed by atoms with E-state index in [1.807, 2.05) is 0 Å². The van der Waals surface area contributed by atoms with Gasteiger partial charge < -0.3 is 10.6 Å². The lowest BCUT2D eigenvalue weighted by Gasteiger charge is -2.31. The van der Waals surface area contributed by atoms with Gasteiger partial charge in [-0.2, -0.15) is 0 Å². The summed E-state index contributed by atoms with van der Waals surface area (Å²) in [7, 11) is 0. The molecule has 100 valence electrons. The molecule has 1 aliphatic heterocycles. The average Bonchev–Trinajstić information content (AvgIpc) is 2.19. The molecule has 0 aromatic carbocycles. The fraction of sp³-hybridized carbons (Fsp3) is 0.923. The predicted octanol–water partition coefficient (Wildman–Crippen LogP) is 2.25. The van der Waals surface area contributed by atoms with Crippen LogP contribution in [0.1, 0.15) is 51.9 Å². The Morgan fingerprint density at radius 1 is 1.29 bits per heavy atom. The first-order chi connectivity index (χ1) is 7.75. The number of hydrogen-bond acceptors (Lipinski definition) is 2. The van der Waals surface area contributed by atoms with Crippen LogP contribution in [0.25, 0.3) is 0 Å². The number of halogens is 1. The monoisotopic (exact) mass is 260 g/mol. The summed E-state index contributed by atoms with van der Waals surface area (Å²) in [5, 5.41) is 6.58. The topological polar surface area (TPSA) is 41.1 Å². The van der Waals surface area contributed by atoms with E-state index in [4.69, 9.17) is 0 Å². The van der Waals surface area contributed by atoms with E-state index < -0.39 is 0 Å². The lowest BCUT2D eigenvalue weighted by molar-refractivity contribution is -0.122. The third kappa shape index (κ3) is 4.47. The van der Waals surface area contributed by atoms with Crippen LogP contribution in [-0.2, 0) is 4.79 Å². The summed E-state index contributed by atoms with van der Waals surface area (Å²) in [6, 6.07) is 0.782. The van der Waals surface area contributed by atoms with E-state index in [1.54, 1.807) is 0 Å².